The Bertz CT molecular complexity index is 1520. The minimum Gasteiger partial charge on any atom is -0.494 e. The molecular weight excluding hydrogens is 661 g/mol. The van der Waals surface area contributed by atoms with Crippen molar-refractivity contribution in [1.82, 2.24) is 4.90 Å². The fraction of sp³-hybridized carbons (Fsp3) is 0.375. The van der Waals surface area contributed by atoms with Gasteiger partial charge >= 0.3 is 6.09 Å². The van der Waals surface area contributed by atoms with Gasteiger partial charge in [-0.15, -0.1) is 0 Å². The number of ether oxygens (including phenoxy) is 5. The number of likely N-dealkylation sites (tertiary alicyclic amines) is 1. The van der Waals surface area contributed by atoms with E-state index >= 15 is 0 Å². The molecule has 2 unspecified atom stereocenters. The molecule has 1 aliphatic heterocycles. The number of carbonyl (C=O) groups excluding carboxylic acids is 1. The van der Waals surface area contributed by atoms with Crippen LogP contribution in [0.15, 0.2) is 103 Å². The third-order valence-corrected chi connectivity index (χ3v) is 8.59. The first kappa shape index (κ1) is 36.7. The van der Waals surface area contributed by atoms with E-state index in [-0.39, 0.29) is 18.1 Å². The monoisotopic (exact) mass is 705 g/mol. The third-order valence-electron chi connectivity index (χ3n) is 8.09. The summed E-state index contributed by atoms with van der Waals surface area (Å²) in [4.78, 5) is 15.1. The van der Waals surface area contributed by atoms with Gasteiger partial charge in [-0.3, -0.25) is 0 Å². The van der Waals surface area contributed by atoms with Gasteiger partial charge in [0.1, 0.15) is 11.4 Å². The lowest BCUT2D eigenvalue weighted by Crippen LogP contribution is -2.55. The van der Waals surface area contributed by atoms with E-state index in [9.17, 15) is 4.79 Å². The quantitative estimate of drug-likeness (QED) is 0.122. The predicted molar refractivity (Wildman–Crippen MR) is 193 cm³/mol. The van der Waals surface area contributed by atoms with Crippen LogP contribution < -0.4 is 4.74 Å². The van der Waals surface area contributed by atoms with E-state index in [0.29, 0.717) is 56.2 Å². The topological polar surface area (TPSA) is 66.5 Å². The van der Waals surface area contributed by atoms with Crippen molar-refractivity contribution in [2.75, 3.05) is 26.3 Å². The SMILES string of the molecule is CC(C)(C)OC(=O)N1CC(OCc2ccc(Cl)cc2)C(c2ccc(OCCCOCc3ccccc3)cc2)C(OCc2ccc(Cl)cc2)C1. The van der Waals surface area contributed by atoms with Crippen LogP contribution in [0.1, 0.15) is 55.4 Å². The minimum atomic E-state index is -0.642. The highest BCUT2D eigenvalue weighted by atomic mass is 35.5. The smallest absolute Gasteiger partial charge is 0.410 e. The van der Waals surface area contributed by atoms with Crippen molar-refractivity contribution >= 4 is 29.3 Å². The van der Waals surface area contributed by atoms with Crippen LogP contribution in [-0.2, 0) is 38.8 Å². The maximum Gasteiger partial charge on any atom is 0.410 e. The van der Waals surface area contributed by atoms with Crippen LogP contribution in [0.3, 0.4) is 0 Å². The number of rotatable bonds is 14. The lowest BCUT2D eigenvalue weighted by atomic mass is 9.84. The van der Waals surface area contributed by atoms with Crippen LogP contribution in [0.25, 0.3) is 0 Å². The van der Waals surface area contributed by atoms with Gasteiger partial charge in [-0.25, -0.2) is 4.79 Å². The van der Waals surface area contributed by atoms with Gasteiger partial charge in [0.25, 0.3) is 0 Å². The van der Waals surface area contributed by atoms with Crippen molar-refractivity contribution in [3.05, 3.63) is 135 Å². The molecule has 0 N–H and O–H groups in total. The van der Waals surface area contributed by atoms with Gasteiger partial charge in [-0.1, -0.05) is 89.9 Å². The molecule has 49 heavy (non-hydrogen) atoms. The summed E-state index contributed by atoms with van der Waals surface area (Å²) in [5, 5.41) is 1.32. The minimum absolute atomic E-state index is 0.182. The molecule has 1 saturated heterocycles. The van der Waals surface area contributed by atoms with E-state index in [0.717, 1.165) is 34.4 Å². The van der Waals surface area contributed by atoms with Crippen molar-refractivity contribution in [3.63, 3.8) is 0 Å². The summed E-state index contributed by atoms with van der Waals surface area (Å²) in [7, 11) is 0. The van der Waals surface area contributed by atoms with Gasteiger partial charge in [0.2, 0.25) is 0 Å². The number of benzene rings is 4. The Morgan fingerprint density at radius 3 is 1.76 bits per heavy atom. The van der Waals surface area contributed by atoms with E-state index in [1.165, 1.54) is 0 Å². The zero-order valence-electron chi connectivity index (χ0n) is 28.4. The molecule has 0 radical (unpaired) electrons. The normalized spacial score (nSPS) is 17.9. The Hall–Kier alpha value is -3.59. The van der Waals surface area contributed by atoms with Gasteiger partial charge in [-0.2, -0.15) is 0 Å². The second kappa shape index (κ2) is 17.9. The molecule has 4 aromatic rings. The van der Waals surface area contributed by atoms with E-state index in [2.05, 4.69) is 24.3 Å². The van der Waals surface area contributed by atoms with Crippen LogP contribution in [0.5, 0.6) is 5.75 Å². The van der Waals surface area contributed by atoms with Gasteiger partial charge < -0.3 is 28.6 Å². The molecule has 0 spiro atoms. The number of nitrogens with zero attached hydrogens (tertiary/aromatic N) is 1. The van der Waals surface area contributed by atoms with Crippen LogP contribution in [-0.4, -0.2) is 55.1 Å². The van der Waals surface area contributed by atoms with Crippen molar-refractivity contribution in [2.24, 2.45) is 0 Å². The summed E-state index contributed by atoms with van der Waals surface area (Å²) in [6.07, 6.45) is -0.400. The number of amides is 1. The van der Waals surface area contributed by atoms with Crippen LogP contribution >= 0.6 is 23.2 Å². The molecule has 260 valence electrons. The Morgan fingerprint density at radius 2 is 1.22 bits per heavy atom. The first-order chi connectivity index (χ1) is 23.6. The summed E-state index contributed by atoms with van der Waals surface area (Å²) in [5.41, 5.74) is 3.50. The number of hydrogen-bond acceptors (Lipinski definition) is 6. The highest BCUT2D eigenvalue weighted by molar-refractivity contribution is 6.30. The lowest BCUT2D eigenvalue weighted by Gasteiger charge is -2.43. The standard InChI is InChI=1S/C40H45Cl2NO6/c1-40(2,3)49-39(44)43-24-36(47-27-30-10-16-33(41)17-11-30)38(37(25-43)48-28-31-12-18-34(42)19-13-31)32-14-20-35(21-15-32)46-23-7-22-45-26-29-8-5-4-6-9-29/h4-6,8-21,36-38H,7,22-28H2,1-3H3. The Labute approximate surface area is 300 Å². The molecule has 1 heterocycles. The molecule has 0 aliphatic carbocycles. The van der Waals surface area contributed by atoms with Crippen molar-refractivity contribution in [2.45, 2.75) is 70.7 Å². The molecule has 1 fully saturated rings. The van der Waals surface area contributed by atoms with Gasteiger partial charge in [0, 0.05) is 22.4 Å². The number of halogens is 2. The molecule has 9 heteroatoms. The molecule has 4 aromatic carbocycles. The zero-order valence-corrected chi connectivity index (χ0v) is 29.9. The summed E-state index contributed by atoms with van der Waals surface area (Å²) < 4.78 is 30.9. The van der Waals surface area contributed by atoms with E-state index in [1.807, 2.05) is 99.6 Å². The molecule has 0 saturated carbocycles. The average molecular weight is 707 g/mol. The maximum atomic E-state index is 13.4. The average Bonchev–Trinajstić information content (AvgIpc) is 3.09. The van der Waals surface area contributed by atoms with Gasteiger partial charge in [0.15, 0.2) is 0 Å². The fourth-order valence-corrected chi connectivity index (χ4v) is 5.91. The predicted octanol–water partition coefficient (Wildman–Crippen LogP) is 9.48. The fourth-order valence-electron chi connectivity index (χ4n) is 5.66. The highest BCUT2D eigenvalue weighted by Gasteiger charge is 2.42. The second-order valence-corrected chi connectivity index (χ2v) is 14.0. The third kappa shape index (κ3) is 11.8. The first-order valence-electron chi connectivity index (χ1n) is 16.7. The van der Waals surface area contributed by atoms with Crippen LogP contribution in [0.2, 0.25) is 10.0 Å². The Balaban J connectivity index is 1.30. The molecule has 1 aliphatic rings. The zero-order chi connectivity index (χ0) is 34.6. The largest absolute Gasteiger partial charge is 0.494 e. The summed E-state index contributed by atoms with van der Waals surface area (Å²) in [6, 6.07) is 33.4. The van der Waals surface area contributed by atoms with E-state index in [1.54, 1.807) is 4.90 Å². The Morgan fingerprint density at radius 1 is 0.694 bits per heavy atom. The van der Waals surface area contributed by atoms with Gasteiger partial charge in [-0.05, 0) is 79.4 Å². The number of carbonyl (C=O) groups is 1. The lowest BCUT2D eigenvalue weighted by molar-refractivity contribution is -0.100. The van der Waals surface area contributed by atoms with Crippen LogP contribution in [0, 0.1) is 0 Å². The molecule has 5 rings (SSSR count). The summed E-state index contributed by atoms with van der Waals surface area (Å²) in [6.45, 7) is 8.71. The van der Waals surface area contributed by atoms with E-state index in [4.69, 9.17) is 46.9 Å². The first-order valence-corrected chi connectivity index (χ1v) is 17.4. The van der Waals surface area contributed by atoms with Gasteiger partial charge in [0.05, 0.1) is 58.3 Å². The Kier molecular flexibility index (Phi) is 13.4. The van der Waals surface area contributed by atoms with Crippen LogP contribution in [0.4, 0.5) is 4.79 Å². The highest BCUT2D eigenvalue weighted by Crippen LogP contribution is 2.35. The van der Waals surface area contributed by atoms with Crippen molar-refractivity contribution in [3.8, 4) is 5.75 Å². The maximum absolute atomic E-state index is 13.4. The molecule has 0 bridgehead atoms. The van der Waals surface area contributed by atoms with Crippen molar-refractivity contribution < 1.29 is 28.5 Å². The summed E-state index contributed by atoms with van der Waals surface area (Å²) in [5.74, 6) is 0.592. The van der Waals surface area contributed by atoms with E-state index < -0.39 is 11.7 Å². The molecule has 1 amide bonds. The molecular formula is C40H45Cl2NO6. The second-order valence-electron chi connectivity index (χ2n) is 13.2. The number of hydrogen-bond donors (Lipinski definition) is 0. The number of piperidine rings is 1. The van der Waals surface area contributed by atoms with Crippen molar-refractivity contribution in [1.29, 1.82) is 0 Å². The molecule has 2 atom stereocenters. The molecule has 0 aromatic heterocycles. The molecule has 7 nitrogen and oxygen atoms in total. The summed E-state index contributed by atoms with van der Waals surface area (Å²) >= 11 is 12.3.